The maximum Gasteiger partial charge on any atom is 0.276 e. The Kier molecular flexibility index (Phi) is 6.20. The van der Waals surface area contributed by atoms with Crippen LogP contribution in [0.1, 0.15) is 44.8 Å². The van der Waals surface area contributed by atoms with Gasteiger partial charge in [-0.1, -0.05) is 17.3 Å². The lowest BCUT2D eigenvalue weighted by molar-refractivity contribution is 0.0692. The number of nitrogens with zero attached hydrogens (tertiary/aromatic N) is 4. The lowest BCUT2D eigenvalue weighted by atomic mass is 10.0. The third-order valence-corrected chi connectivity index (χ3v) is 5.92. The molecular weight excluding hydrogens is 406 g/mol. The molecule has 0 radical (unpaired) electrons. The molecule has 166 valence electrons. The summed E-state index contributed by atoms with van der Waals surface area (Å²) in [5, 5.41) is 11.3. The number of benzene rings is 2. The van der Waals surface area contributed by atoms with Gasteiger partial charge in [-0.25, -0.2) is 4.68 Å². The number of methoxy groups -OCH3 is 1. The summed E-state index contributed by atoms with van der Waals surface area (Å²) >= 11 is 0. The van der Waals surface area contributed by atoms with E-state index >= 15 is 0 Å². The molecule has 0 atom stereocenters. The van der Waals surface area contributed by atoms with Gasteiger partial charge in [-0.3, -0.25) is 9.59 Å². The number of hydrogen-bond acceptors (Lipinski definition) is 5. The molecule has 8 nitrogen and oxygen atoms in total. The van der Waals surface area contributed by atoms with Crippen molar-refractivity contribution in [2.24, 2.45) is 0 Å². The van der Waals surface area contributed by atoms with Crippen molar-refractivity contribution in [1.82, 2.24) is 25.2 Å². The maximum absolute atomic E-state index is 12.9. The summed E-state index contributed by atoms with van der Waals surface area (Å²) in [5.74, 6) is 0.370. The van der Waals surface area contributed by atoms with Gasteiger partial charge in [-0.2, -0.15) is 0 Å². The van der Waals surface area contributed by atoms with Gasteiger partial charge in [-0.05, 0) is 68.1 Å². The summed E-state index contributed by atoms with van der Waals surface area (Å²) in [6, 6.07) is 13.1. The van der Waals surface area contributed by atoms with Gasteiger partial charge in [0.15, 0.2) is 5.69 Å². The van der Waals surface area contributed by atoms with Crippen molar-refractivity contribution in [3.05, 3.63) is 71.0 Å². The summed E-state index contributed by atoms with van der Waals surface area (Å²) < 4.78 is 6.81. The van der Waals surface area contributed by atoms with Crippen molar-refractivity contribution < 1.29 is 14.3 Å². The van der Waals surface area contributed by atoms with Crippen LogP contribution in [0.25, 0.3) is 5.69 Å². The van der Waals surface area contributed by atoms with E-state index in [1.54, 1.807) is 47.2 Å². The predicted octanol–water partition coefficient (Wildman–Crippen LogP) is 2.93. The van der Waals surface area contributed by atoms with E-state index in [1.165, 1.54) is 5.56 Å². The number of carbonyl (C=O) groups excluding carboxylic acids is 2. The SMILES string of the molecule is COc1cccc(C(=O)NC2CCN(C(=O)c3cn(-c4ccc(C)c(C)c4)nn3)CC2)c1. The molecule has 0 saturated carbocycles. The summed E-state index contributed by atoms with van der Waals surface area (Å²) in [5.41, 5.74) is 4.11. The van der Waals surface area contributed by atoms with Crippen molar-refractivity contribution in [3.8, 4) is 11.4 Å². The van der Waals surface area contributed by atoms with Gasteiger partial charge in [0, 0.05) is 24.7 Å². The Hall–Kier alpha value is -3.68. The van der Waals surface area contributed by atoms with E-state index in [1.807, 2.05) is 25.1 Å². The number of piperidine rings is 1. The number of aromatic nitrogens is 3. The monoisotopic (exact) mass is 433 g/mol. The third-order valence-electron chi connectivity index (χ3n) is 5.92. The van der Waals surface area contributed by atoms with Gasteiger partial charge in [-0.15, -0.1) is 5.10 Å². The minimum atomic E-state index is -0.141. The minimum absolute atomic E-state index is 0.0176. The molecule has 0 unspecified atom stereocenters. The molecule has 1 aromatic heterocycles. The van der Waals surface area contributed by atoms with Gasteiger partial charge in [0.05, 0.1) is 19.0 Å². The predicted molar refractivity (Wildman–Crippen MR) is 120 cm³/mol. The number of hydrogen-bond donors (Lipinski definition) is 1. The summed E-state index contributed by atoms with van der Waals surface area (Å²) in [4.78, 5) is 27.2. The lowest BCUT2D eigenvalue weighted by Gasteiger charge is -2.31. The highest BCUT2D eigenvalue weighted by molar-refractivity contribution is 5.95. The van der Waals surface area contributed by atoms with Gasteiger partial charge in [0.25, 0.3) is 11.8 Å². The van der Waals surface area contributed by atoms with Crippen LogP contribution >= 0.6 is 0 Å². The smallest absolute Gasteiger partial charge is 0.276 e. The first-order chi connectivity index (χ1) is 15.4. The van der Waals surface area contributed by atoms with E-state index in [0.717, 1.165) is 11.3 Å². The molecule has 8 heteroatoms. The van der Waals surface area contributed by atoms with E-state index in [0.29, 0.717) is 42.9 Å². The Morgan fingerprint density at radius 1 is 1.06 bits per heavy atom. The quantitative estimate of drug-likeness (QED) is 0.668. The van der Waals surface area contributed by atoms with Crippen LogP contribution in [0.3, 0.4) is 0 Å². The Bertz CT molecular complexity index is 1130. The first-order valence-corrected chi connectivity index (χ1v) is 10.7. The molecule has 0 aliphatic carbocycles. The molecule has 2 aromatic carbocycles. The van der Waals surface area contributed by atoms with E-state index in [9.17, 15) is 9.59 Å². The van der Waals surface area contributed by atoms with Crippen LogP contribution in [0.15, 0.2) is 48.7 Å². The average molecular weight is 434 g/mol. The highest BCUT2D eigenvalue weighted by Crippen LogP contribution is 2.17. The summed E-state index contributed by atoms with van der Waals surface area (Å²) in [6.45, 7) is 5.20. The molecule has 1 aliphatic rings. The molecule has 3 aromatic rings. The topological polar surface area (TPSA) is 89.4 Å². The second-order valence-corrected chi connectivity index (χ2v) is 8.09. The number of likely N-dealkylation sites (tertiary alicyclic amines) is 1. The number of aryl methyl sites for hydroxylation is 2. The van der Waals surface area contributed by atoms with Gasteiger partial charge in [0.2, 0.25) is 0 Å². The summed E-state index contributed by atoms with van der Waals surface area (Å²) in [6.07, 6.45) is 3.04. The standard InChI is InChI=1S/C24H27N5O3/c1-16-7-8-20(13-17(16)2)29-15-22(26-27-29)24(31)28-11-9-19(10-12-28)25-23(30)18-5-4-6-21(14-18)32-3/h4-8,13-15,19H,9-12H2,1-3H3,(H,25,30). The number of rotatable bonds is 5. The molecule has 2 amide bonds. The lowest BCUT2D eigenvalue weighted by Crippen LogP contribution is -2.46. The van der Waals surface area contributed by atoms with Gasteiger partial charge < -0.3 is 15.0 Å². The van der Waals surface area contributed by atoms with Crippen LogP contribution in [0.4, 0.5) is 0 Å². The summed E-state index contributed by atoms with van der Waals surface area (Å²) in [7, 11) is 1.57. The van der Waals surface area contributed by atoms with Crippen LogP contribution in [-0.4, -0.2) is 57.9 Å². The first kappa shape index (κ1) is 21.5. The Balaban J connectivity index is 1.34. The molecule has 1 aliphatic heterocycles. The molecule has 1 N–H and O–H groups in total. The van der Waals surface area contributed by atoms with Gasteiger partial charge >= 0.3 is 0 Å². The van der Waals surface area contributed by atoms with Crippen LogP contribution in [0, 0.1) is 13.8 Å². The molecule has 0 spiro atoms. The number of carbonyl (C=O) groups is 2. The van der Waals surface area contributed by atoms with Crippen LogP contribution in [0.5, 0.6) is 5.75 Å². The number of ether oxygens (including phenoxy) is 1. The third kappa shape index (κ3) is 4.64. The van der Waals surface area contributed by atoms with Crippen LogP contribution < -0.4 is 10.1 Å². The highest BCUT2D eigenvalue weighted by atomic mass is 16.5. The minimum Gasteiger partial charge on any atom is -0.497 e. The molecular formula is C24H27N5O3. The van der Waals surface area contributed by atoms with E-state index in [4.69, 9.17) is 4.74 Å². The largest absolute Gasteiger partial charge is 0.497 e. The van der Waals surface area contributed by atoms with Crippen molar-refractivity contribution in [2.75, 3.05) is 20.2 Å². The van der Waals surface area contributed by atoms with Crippen LogP contribution in [-0.2, 0) is 0 Å². The van der Waals surface area contributed by atoms with E-state index in [-0.39, 0.29) is 17.9 Å². The second-order valence-electron chi connectivity index (χ2n) is 8.09. The van der Waals surface area contributed by atoms with Crippen molar-refractivity contribution >= 4 is 11.8 Å². The molecule has 1 saturated heterocycles. The van der Waals surface area contributed by atoms with E-state index < -0.39 is 0 Å². The average Bonchev–Trinajstić information content (AvgIpc) is 3.31. The molecule has 0 bridgehead atoms. The van der Waals surface area contributed by atoms with Crippen molar-refractivity contribution in [1.29, 1.82) is 0 Å². The highest BCUT2D eigenvalue weighted by Gasteiger charge is 2.26. The number of amides is 2. The Labute approximate surface area is 187 Å². The van der Waals surface area contributed by atoms with Crippen molar-refractivity contribution in [3.63, 3.8) is 0 Å². The van der Waals surface area contributed by atoms with Crippen LogP contribution in [0.2, 0.25) is 0 Å². The van der Waals surface area contributed by atoms with Crippen molar-refractivity contribution in [2.45, 2.75) is 32.7 Å². The second kappa shape index (κ2) is 9.21. The zero-order chi connectivity index (χ0) is 22.7. The van der Waals surface area contributed by atoms with E-state index in [2.05, 4.69) is 22.6 Å². The number of nitrogens with one attached hydrogen (secondary N) is 1. The zero-order valence-corrected chi connectivity index (χ0v) is 18.5. The molecule has 32 heavy (non-hydrogen) atoms. The fourth-order valence-electron chi connectivity index (χ4n) is 3.78. The fourth-order valence-corrected chi connectivity index (χ4v) is 3.78. The molecule has 2 heterocycles. The zero-order valence-electron chi connectivity index (χ0n) is 18.5. The molecule has 1 fully saturated rings. The fraction of sp³-hybridized carbons (Fsp3) is 0.333. The maximum atomic E-state index is 12.9. The first-order valence-electron chi connectivity index (χ1n) is 10.7. The normalized spacial score (nSPS) is 14.3. The molecule has 4 rings (SSSR count). The Morgan fingerprint density at radius 2 is 1.84 bits per heavy atom. The van der Waals surface area contributed by atoms with Gasteiger partial charge in [0.1, 0.15) is 5.75 Å². The Morgan fingerprint density at radius 3 is 2.56 bits per heavy atom.